The highest BCUT2D eigenvalue weighted by Crippen LogP contribution is 2.22. The van der Waals surface area contributed by atoms with Crippen molar-refractivity contribution in [3.05, 3.63) is 50.9 Å². The molecule has 7 heteroatoms. The van der Waals surface area contributed by atoms with E-state index in [-0.39, 0.29) is 11.5 Å². The third-order valence-electron chi connectivity index (χ3n) is 4.13. The summed E-state index contributed by atoms with van der Waals surface area (Å²) < 4.78 is 1.75. The molecule has 0 saturated carbocycles. The molecule has 1 fully saturated rings. The molecule has 1 aromatic carbocycles. The summed E-state index contributed by atoms with van der Waals surface area (Å²) in [4.78, 5) is 25.6. The molecule has 1 amide bonds. The van der Waals surface area contributed by atoms with Gasteiger partial charge in [0.15, 0.2) is 0 Å². The van der Waals surface area contributed by atoms with Crippen molar-refractivity contribution in [3.8, 4) is 0 Å². The summed E-state index contributed by atoms with van der Waals surface area (Å²) in [6.07, 6.45) is 4.29. The van der Waals surface area contributed by atoms with Gasteiger partial charge in [-0.2, -0.15) is 5.10 Å². The van der Waals surface area contributed by atoms with Gasteiger partial charge in [-0.05, 0) is 46.5 Å². The number of hydrogen-bond donors (Lipinski definition) is 1. The zero-order valence-electron chi connectivity index (χ0n) is 13.5. The van der Waals surface area contributed by atoms with Crippen LogP contribution in [0, 0.1) is 0 Å². The van der Waals surface area contributed by atoms with Gasteiger partial charge in [0.2, 0.25) is 5.91 Å². The summed E-state index contributed by atoms with van der Waals surface area (Å²) in [6.45, 7) is 1.37. The van der Waals surface area contributed by atoms with Crippen molar-refractivity contribution >= 4 is 33.2 Å². The molecule has 3 rings (SSSR count). The summed E-state index contributed by atoms with van der Waals surface area (Å²) in [5.74, 6) is 0.197. The van der Waals surface area contributed by atoms with Crippen LogP contribution in [-0.2, 0) is 18.4 Å². The number of aromatic nitrogens is 2. The highest BCUT2D eigenvalue weighted by Gasteiger charge is 2.19. The minimum absolute atomic E-state index is 0.182. The van der Waals surface area contributed by atoms with E-state index >= 15 is 0 Å². The Morgan fingerprint density at radius 3 is 2.67 bits per heavy atom. The van der Waals surface area contributed by atoms with Gasteiger partial charge in [0.25, 0.3) is 5.56 Å². The van der Waals surface area contributed by atoms with Gasteiger partial charge in [-0.1, -0.05) is 12.1 Å². The molecule has 1 aliphatic rings. The summed E-state index contributed by atoms with van der Waals surface area (Å²) >= 11 is 3.29. The van der Waals surface area contributed by atoms with E-state index in [1.807, 2.05) is 29.2 Å². The fraction of sp³-hybridized carbons (Fsp3) is 0.353. The average Bonchev–Trinajstić information content (AvgIpc) is 2.60. The molecule has 0 spiro atoms. The predicted octanol–water partition coefficient (Wildman–Crippen LogP) is 2.67. The second-order valence-corrected chi connectivity index (χ2v) is 6.62. The number of nitrogens with zero attached hydrogens (tertiary/aromatic N) is 3. The van der Waals surface area contributed by atoms with Crippen LogP contribution in [0.1, 0.15) is 24.8 Å². The molecule has 2 aromatic rings. The van der Waals surface area contributed by atoms with Gasteiger partial charge in [0.1, 0.15) is 4.47 Å². The Morgan fingerprint density at radius 2 is 1.96 bits per heavy atom. The van der Waals surface area contributed by atoms with E-state index in [0.717, 1.165) is 30.6 Å². The molecule has 1 aliphatic heterocycles. The Morgan fingerprint density at radius 1 is 1.21 bits per heavy atom. The number of benzene rings is 1. The van der Waals surface area contributed by atoms with Crippen LogP contribution in [0.3, 0.4) is 0 Å². The number of rotatable bonds is 4. The summed E-state index contributed by atoms with van der Waals surface area (Å²) in [6, 6.07) is 7.92. The normalized spacial score (nSPS) is 14.8. The van der Waals surface area contributed by atoms with Gasteiger partial charge >= 0.3 is 0 Å². The standard InChI is InChI=1S/C17H19BrN4O2/c1-21-17(24)16(18)14(11-20-21)19-10-12-5-7-13(8-6-12)22-9-3-2-4-15(22)23/h5-8,11,19H,2-4,9-10H2,1H3. The minimum atomic E-state index is -0.182. The van der Waals surface area contributed by atoms with Crippen molar-refractivity contribution in [2.45, 2.75) is 25.8 Å². The number of aryl methyl sites for hydroxylation is 1. The third-order valence-corrected chi connectivity index (χ3v) is 4.90. The Balaban J connectivity index is 1.68. The highest BCUT2D eigenvalue weighted by atomic mass is 79.9. The molecule has 1 N–H and O–H groups in total. The fourth-order valence-electron chi connectivity index (χ4n) is 2.70. The quantitative estimate of drug-likeness (QED) is 0.871. The van der Waals surface area contributed by atoms with E-state index in [1.54, 1.807) is 13.2 Å². The number of carbonyl (C=O) groups excluding carboxylic acids is 1. The molecular weight excluding hydrogens is 372 g/mol. The van der Waals surface area contributed by atoms with Crippen molar-refractivity contribution in [1.82, 2.24) is 9.78 Å². The lowest BCUT2D eigenvalue weighted by atomic mass is 10.1. The number of amides is 1. The smallest absolute Gasteiger partial charge is 0.282 e. The Labute approximate surface area is 148 Å². The van der Waals surface area contributed by atoms with Crippen LogP contribution in [0.5, 0.6) is 0 Å². The lowest BCUT2D eigenvalue weighted by molar-refractivity contribution is -0.119. The maximum atomic E-state index is 12.0. The van der Waals surface area contributed by atoms with Gasteiger partial charge in [-0.3, -0.25) is 9.59 Å². The fourth-order valence-corrected chi connectivity index (χ4v) is 3.20. The Bertz CT molecular complexity index is 801. The van der Waals surface area contributed by atoms with E-state index in [9.17, 15) is 9.59 Å². The lowest BCUT2D eigenvalue weighted by Crippen LogP contribution is -2.35. The number of anilines is 2. The highest BCUT2D eigenvalue weighted by molar-refractivity contribution is 9.10. The van der Waals surface area contributed by atoms with Crippen LogP contribution in [-0.4, -0.2) is 22.2 Å². The number of hydrogen-bond acceptors (Lipinski definition) is 4. The van der Waals surface area contributed by atoms with Gasteiger partial charge in [0, 0.05) is 32.2 Å². The average molecular weight is 391 g/mol. The zero-order valence-corrected chi connectivity index (χ0v) is 15.0. The summed E-state index contributed by atoms with van der Waals surface area (Å²) in [5.41, 5.74) is 2.49. The molecular formula is C17H19BrN4O2. The van der Waals surface area contributed by atoms with Crippen LogP contribution in [0.4, 0.5) is 11.4 Å². The molecule has 0 radical (unpaired) electrons. The van der Waals surface area contributed by atoms with Gasteiger partial charge in [-0.15, -0.1) is 0 Å². The van der Waals surface area contributed by atoms with Crippen LogP contribution >= 0.6 is 15.9 Å². The number of nitrogens with one attached hydrogen (secondary N) is 1. The number of piperidine rings is 1. The number of halogens is 1. The maximum Gasteiger partial charge on any atom is 0.282 e. The van der Waals surface area contributed by atoms with Crippen molar-refractivity contribution in [2.24, 2.45) is 7.05 Å². The van der Waals surface area contributed by atoms with Crippen molar-refractivity contribution in [1.29, 1.82) is 0 Å². The second kappa shape index (κ2) is 7.17. The first kappa shape index (κ1) is 16.7. The molecule has 0 atom stereocenters. The van der Waals surface area contributed by atoms with Crippen LogP contribution in [0.25, 0.3) is 0 Å². The van der Waals surface area contributed by atoms with Crippen LogP contribution in [0.2, 0.25) is 0 Å². The Hall–Kier alpha value is -2.15. The van der Waals surface area contributed by atoms with Crippen LogP contribution in [0.15, 0.2) is 39.7 Å². The van der Waals surface area contributed by atoms with E-state index in [0.29, 0.717) is 23.1 Å². The molecule has 126 valence electrons. The van der Waals surface area contributed by atoms with E-state index < -0.39 is 0 Å². The first-order valence-corrected chi connectivity index (χ1v) is 8.70. The number of carbonyl (C=O) groups is 1. The second-order valence-electron chi connectivity index (χ2n) is 5.82. The van der Waals surface area contributed by atoms with Crippen molar-refractivity contribution in [2.75, 3.05) is 16.8 Å². The molecule has 1 aromatic heterocycles. The first-order valence-electron chi connectivity index (χ1n) is 7.91. The van der Waals surface area contributed by atoms with Gasteiger partial charge in [-0.25, -0.2) is 4.68 Å². The monoisotopic (exact) mass is 390 g/mol. The van der Waals surface area contributed by atoms with E-state index in [4.69, 9.17) is 0 Å². The lowest BCUT2D eigenvalue weighted by Gasteiger charge is -2.26. The maximum absolute atomic E-state index is 12.0. The SMILES string of the molecule is Cn1ncc(NCc2ccc(N3CCCCC3=O)cc2)c(Br)c1=O. The van der Waals surface area contributed by atoms with Crippen molar-refractivity contribution in [3.63, 3.8) is 0 Å². The molecule has 6 nitrogen and oxygen atoms in total. The first-order chi connectivity index (χ1) is 11.6. The third kappa shape index (κ3) is 3.51. The largest absolute Gasteiger partial charge is 0.379 e. The summed E-state index contributed by atoms with van der Waals surface area (Å²) in [5, 5.41) is 7.20. The zero-order chi connectivity index (χ0) is 17.1. The minimum Gasteiger partial charge on any atom is -0.379 e. The summed E-state index contributed by atoms with van der Waals surface area (Å²) in [7, 11) is 1.61. The topological polar surface area (TPSA) is 67.2 Å². The van der Waals surface area contributed by atoms with E-state index in [1.165, 1.54) is 4.68 Å². The molecule has 0 bridgehead atoms. The molecule has 0 unspecified atom stereocenters. The van der Waals surface area contributed by atoms with Crippen LogP contribution < -0.4 is 15.8 Å². The molecule has 1 saturated heterocycles. The molecule has 24 heavy (non-hydrogen) atoms. The predicted molar refractivity (Wildman–Crippen MR) is 97.2 cm³/mol. The van der Waals surface area contributed by atoms with Gasteiger partial charge in [0.05, 0.1) is 11.9 Å². The van der Waals surface area contributed by atoms with E-state index in [2.05, 4.69) is 26.3 Å². The van der Waals surface area contributed by atoms with Gasteiger partial charge < -0.3 is 10.2 Å². The van der Waals surface area contributed by atoms with Crippen molar-refractivity contribution < 1.29 is 4.79 Å². The molecule has 2 heterocycles. The Kier molecular flexibility index (Phi) is 4.99. The molecule has 0 aliphatic carbocycles.